The van der Waals surface area contributed by atoms with Gasteiger partial charge in [0.15, 0.2) is 0 Å². The van der Waals surface area contributed by atoms with Crippen LogP contribution in [0.25, 0.3) is 0 Å². The van der Waals surface area contributed by atoms with Gasteiger partial charge in [-0.15, -0.1) is 0 Å². The lowest BCUT2D eigenvalue weighted by Crippen LogP contribution is -2.50. The standard InChI is InChI=1S/C22H27FN4O2/c1-3-25-22(29)27-14-18(21(28)26-13-16-5-4-10-24-12-16)7-9-20(27)17-6-8-19(23)15(2)11-17/h4-6,8,10-12,18,20H,3,7,9,13-14H2,1-2H3,(H,25,29)(H,26,28). The number of amides is 3. The van der Waals surface area contributed by atoms with E-state index in [1.54, 1.807) is 36.4 Å². The van der Waals surface area contributed by atoms with Crippen molar-refractivity contribution in [3.63, 3.8) is 0 Å². The van der Waals surface area contributed by atoms with Crippen molar-refractivity contribution in [3.8, 4) is 0 Å². The van der Waals surface area contributed by atoms with Crippen molar-refractivity contribution in [2.75, 3.05) is 13.1 Å². The Morgan fingerprint density at radius 3 is 2.76 bits per heavy atom. The summed E-state index contributed by atoms with van der Waals surface area (Å²) in [5.74, 6) is -0.620. The molecule has 2 heterocycles. The number of likely N-dealkylation sites (tertiary alicyclic amines) is 1. The Balaban J connectivity index is 1.71. The van der Waals surface area contributed by atoms with Crippen molar-refractivity contribution >= 4 is 11.9 Å². The molecule has 0 radical (unpaired) electrons. The van der Waals surface area contributed by atoms with E-state index in [9.17, 15) is 14.0 Å². The summed E-state index contributed by atoms with van der Waals surface area (Å²) in [4.78, 5) is 31.1. The molecule has 1 fully saturated rings. The van der Waals surface area contributed by atoms with Crippen LogP contribution in [0.1, 0.15) is 42.5 Å². The van der Waals surface area contributed by atoms with Gasteiger partial charge in [-0.2, -0.15) is 0 Å². The van der Waals surface area contributed by atoms with Crippen LogP contribution in [0, 0.1) is 18.7 Å². The maximum atomic E-state index is 13.7. The van der Waals surface area contributed by atoms with Gasteiger partial charge in [-0.1, -0.05) is 18.2 Å². The summed E-state index contributed by atoms with van der Waals surface area (Å²) < 4.78 is 13.7. The molecule has 1 aromatic heterocycles. The third-order valence-electron chi connectivity index (χ3n) is 5.30. The van der Waals surface area contributed by atoms with Crippen molar-refractivity contribution < 1.29 is 14.0 Å². The van der Waals surface area contributed by atoms with Crippen LogP contribution in [0.3, 0.4) is 0 Å². The molecule has 0 spiro atoms. The minimum atomic E-state index is -0.285. The number of hydrogen-bond acceptors (Lipinski definition) is 3. The number of pyridine rings is 1. The first-order valence-corrected chi connectivity index (χ1v) is 9.96. The predicted octanol–water partition coefficient (Wildman–Crippen LogP) is 3.33. The molecule has 7 heteroatoms. The monoisotopic (exact) mass is 398 g/mol. The second-order valence-electron chi connectivity index (χ2n) is 7.37. The molecule has 154 valence electrons. The minimum Gasteiger partial charge on any atom is -0.352 e. The molecule has 1 saturated heterocycles. The zero-order chi connectivity index (χ0) is 20.8. The number of aromatic nitrogens is 1. The topological polar surface area (TPSA) is 74.3 Å². The van der Waals surface area contributed by atoms with Gasteiger partial charge in [-0.3, -0.25) is 9.78 Å². The van der Waals surface area contributed by atoms with E-state index in [0.717, 1.165) is 11.1 Å². The van der Waals surface area contributed by atoms with Gasteiger partial charge in [-0.25, -0.2) is 9.18 Å². The largest absolute Gasteiger partial charge is 0.352 e. The van der Waals surface area contributed by atoms with Crippen LogP contribution in [0.15, 0.2) is 42.7 Å². The van der Waals surface area contributed by atoms with Gasteiger partial charge in [0.1, 0.15) is 5.82 Å². The van der Waals surface area contributed by atoms with E-state index in [1.165, 1.54) is 6.07 Å². The Hall–Kier alpha value is -2.96. The molecular weight excluding hydrogens is 371 g/mol. The van der Waals surface area contributed by atoms with Crippen molar-refractivity contribution in [2.45, 2.75) is 39.3 Å². The average Bonchev–Trinajstić information content (AvgIpc) is 2.74. The molecule has 2 aromatic rings. The lowest BCUT2D eigenvalue weighted by molar-refractivity contribution is -0.126. The summed E-state index contributed by atoms with van der Waals surface area (Å²) in [7, 11) is 0. The second-order valence-corrected chi connectivity index (χ2v) is 7.37. The molecule has 2 N–H and O–H groups in total. The Labute approximate surface area is 170 Å². The first-order valence-electron chi connectivity index (χ1n) is 9.96. The van der Waals surface area contributed by atoms with Crippen LogP contribution in [0.5, 0.6) is 0 Å². The predicted molar refractivity (Wildman–Crippen MR) is 108 cm³/mol. The highest BCUT2D eigenvalue weighted by molar-refractivity contribution is 5.81. The van der Waals surface area contributed by atoms with Crippen LogP contribution >= 0.6 is 0 Å². The maximum Gasteiger partial charge on any atom is 0.317 e. The van der Waals surface area contributed by atoms with Crippen molar-refractivity contribution in [3.05, 3.63) is 65.2 Å². The number of nitrogens with zero attached hydrogens (tertiary/aromatic N) is 2. The summed E-state index contributed by atoms with van der Waals surface area (Å²) in [6.07, 6.45) is 4.71. The number of piperidine rings is 1. The molecule has 0 saturated carbocycles. The number of benzene rings is 1. The molecule has 0 bridgehead atoms. The fraction of sp³-hybridized carbons (Fsp3) is 0.409. The number of hydrogen-bond donors (Lipinski definition) is 2. The molecule has 29 heavy (non-hydrogen) atoms. The minimum absolute atomic E-state index is 0.0723. The van der Waals surface area contributed by atoms with E-state index in [1.807, 2.05) is 19.1 Å². The summed E-state index contributed by atoms with van der Waals surface area (Å²) in [6, 6.07) is 8.30. The SMILES string of the molecule is CCNC(=O)N1CC(C(=O)NCc2cccnc2)CCC1c1ccc(F)c(C)c1. The van der Waals surface area contributed by atoms with Gasteiger partial charge < -0.3 is 15.5 Å². The smallest absolute Gasteiger partial charge is 0.317 e. The van der Waals surface area contributed by atoms with Gasteiger partial charge >= 0.3 is 6.03 Å². The van der Waals surface area contributed by atoms with Crippen LogP contribution < -0.4 is 10.6 Å². The molecule has 0 aliphatic carbocycles. The Morgan fingerprint density at radius 2 is 2.07 bits per heavy atom. The van der Waals surface area contributed by atoms with Gasteiger partial charge in [-0.05, 0) is 55.5 Å². The lowest BCUT2D eigenvalue weighted by Gasteiger charge is -2.39. The molecule has 2 unspecified atom stereocenters. The molecule has 3 rings (SSSR count). The molecule has 2 atom stereocenters. The maximum absolute atomic E-state index is 13.7. The van der Waals surface area contributed by atoms with E-state index in [2.05, 4.69) is 15.6 Å². The lowest BCUT2D eigenvalue weighted by atomic mass is 9.88. The fourth-order valence-electron chi connectivity index (χ4n) is 3.72. The zero-order valence-electron chi connectivity index (χ0n) is 16.8. The Bertz CT molecular complexity index is 859. The zero-order valence-corrected chi connectivity index (χ0v) is 16.8. The number of rotatable bonds is 5. The number of carbonyl (C=O) groups is 2. The van der Waals surface area contributed by atoms with Crippen LogP contribution in [-0.4, -0.2) is 34.9 Å². The average molecular weight is 398 g/mol. The molecule has 1 aliphatic rings. The first-order chi connectivity index (χ1) is 14.0. The van der Waals surface area contributed by atoms with Gasteiger partial charge in [0.2, 0.25) is 5.91 Å². The summed E-state index contributed by atoms with van der Waals surface area (Å²) in [6.45, 7) is 4.81. The summed E-state index contributed by atoms with van der Waals surface area (Å²) in [5.41, 5.74) is 2.37. The Kier molecular flexibility index (Phi) is 6.80. The van der Waals surface area contributed by atoms with E-state index >= 15 is 0 Å². The van der Waals surface area contributed by atoms with Crippen LogP contribution in [0.4, 0.5) is 9.18 Å². The first kappa shape index (κ1) is 20.8. The molecule has 1 aromatic carbocycles. The van der Waals surface area contributed by atoms with E-state index < -0.39 is 0 Å². The van der Waals surface area contributed by atoms with Crippen molar-refractivity contribution in [1.82, 2.24) is 20.5 Å². The fourth-order valence-corrected chi connectivity index (χ4v) is 3.72. The van der Waals surface area contributed by atoms with E-state index in [-0.39, 0.29) is 29.7 Å². The van der Waals surface area contributed by atoms with E-state index in [4.69, 9.17) is 0 Å². The van der Waals surface area contributed by atoms with Gasteiger partial charge in [0.25, 0.3) is 0 Å². The molecule has 3 amide bonds. The summed E-state index contributed by atoms with van der Waals surface area (Å²) >= 11 is 0. The van der Waals surface area contributed by atoms with Crippen molar-refractivity contribution in [1.29, 1.82) is 0 Å². The van der Waals surface area contributed by atoms with Crippen LogP contribution in [0.2, 0.25) is 0 Å². The molecule has 6 nitrogen and oxygen atoms in total. The highest BCUT2D eigenvalue weighted by Gasteiger charge is 2.35. The number of nitrogens with one attached hydrogen (secondary N) is 2. The number of aryl methyl sites for hydroxylation is 1. The van der Waals surface area contributed by atoms with Gasteiger partial charge in [0.05, 0.1) is 12.0 Å². The number of halogens is 1. The van der Waals surface area contributed by atoms with Gasteiger partial charge in [0, 0.05) is 32.0 Å². The number of carbonyl (C=O) groups excluding carboxylic acids is 2. The quantitative estimate of drug-likeness (QED) is 0.811. The highest BCUT2D eigenvalue weighted by atomic mass is 19.1. The molecule has 1 aliphatic heterocycles. The summed E-state index contributed by atoms with van der Waals surface area (Å²) in [5, 5.41) is 5.78. The second kappa shape index (κ2) is 9.49. The highest BCUT2D eigenvalue weighted by Crippen LogP contribution is 2.34. The van der Waals surface area contributed by atoms with E-state index in [0.29, 0.717) is 38.0 Å². The van der Waals surface area contributed by atoms with Crippen LogP contribution in [-0.2, 0) is 11.3 Å². The number of urea groups is 1. The third-order valence-corrected chi connectivity index (χ3v) is 5.30. The van der Waals surface area contributed by atoms with Crippen molar-refractivity contribution in [2.24, 2.45) is 5.92 Å². The Morgan fingerprint density at radius 1 is 1.24 bits per heavy atom. The molecular formula is C22H27FN4O2. The normalized spacial score (nSPS) is 18.9. The third kappa shape index (κ3) is 5.10.